The van der Waals surface area contributed by atoms with Crippen LogP contribution < -0.4 is 4.90 Å². The van der Waals surface area contributed by atoms with Crippen molar-refractivity contribution in [3.63, 3.8) is 0 Å². The number of hydrogen-bond donors (Lipinski definition) is 1. The van der Waals surface area contributed by atoms with Crippen molar-refractivity contribution in [3.8, 4) is 0 Å². The lowest BCUT2D eigenvalue weighted by molar-refractivity contribution is 0.263. The molecule has 0 aliphatic carbocycles. The molecule has 0 amide bonds. The van der Waals surface area contributed by atoms with E-state index in [2.05, 4.69) is 14.9 Å². The third-order valence-corrected chi connectivity index (χ3v) is 3.85. The van der Waals surface area contributed by atoms with Gasteiger partial charge in [-0.25, -0.2) is 4.98 Å². The van der Waals surface area contributed by atoms with E-state index in [0.717, 1.165) is 42.7 Å². The molecule has 100 valence electrons. The Morgan fingerprint density at radius 3 is 3.00 bits per heavy atom. The molecule has 3 rings (SSSR count). The van der Waals surface area contributed by atoms with Gasteiger partial charge in [-0.2, -0.15) is 4.98 Å². The Morgan fingerprint density at radius 1 is 1.32 bits per heavy atom. The maximum absolute atomic E-state index is 9.03. The van der Waals surface area contributed by atoms with E-state index in [9.17, 15) is 0 Å². The summed E-state index contributed by atoms with van der Waals surface area (Å²) < 4.78 is 0. The number of rotatable bonds is 3. The van der Waals surface area contributed by atoms with Crippen LogP contribution in [0.1, 0.15) is 12.8 Å². The number of fused-ring (bicyclic) bond motifs is 1. The Balaban J connectivity index is 1.96. The molecule has 1 aliphatic rings. The molecule has 1 saturated heterocycles. The highest BCUT2D eigenvalue weighted by Gasteiger charge is 2.24. The Bertz CT molecular complexity index is 590. The van der Waals surface area contributed by atoms with Gasteiger partial charge in [0.25, 0.3) is 0 Å². The molecule has 0 spiro atoms. The monoisotopic (exact) mass is 277 g/mol. The van der Waals surface area contributed by atoms with Gasteiger partial charge >= 0.3 is 0 Å². The molecule has 2 aromatic rings. The van der Waals surface area contributed by atoms with Crippen LogP contribution >= 0.6 is 11.6 Å². The van der Waals surface area contributed by atoms with Gasteiger partial charge in [0.15, 0.2) is 0 Å². The van der Waals surface area contributed by atoms with Crippen molar-refractivity contribution in [2.45, 2.75) is 12.8 Å². The van der Waals surface area contributed by atoms with Gasteiger partial charge < -0.3 is 10.0 Å². The summed E-state index contributed by atoms with van der Waals surface area (Å²) in [5, 5.41) is 10.4. The minimum Gasteiger partial charge on any atom is -0.396 e. The number of halogens is 1. The fourth-order valence-corrected chi connectivity index (χ4v) is 2.89. The Hall–Kier alpha value is -1.39. The molecule has 5 heteroatoms. The molecule has 1 aromatic heterocycles. The number of aliphatic hydroxyl groups excluding tert-OH is 1. The second-order valence-corrected chi connectivity index (χ2v) is 5.28. The van der Waals surface area contributed by atoms with E-state index in [1.165, 1.54) is 0 Å². The number of anilines is 1. The van der Waals surface area contributed by atoms with Crippen LogP contribution in [0.2, 0.25) is 5.28 Å². The molecule has 1 aliphatic heterocycles. The largest absolute Gasteiger partial charge is 0.396 e. The molecule has 4 nitrogen and oxygen atoms in total. The van der Waals surface area contributed by atoms with Crippen LogP contribution in [0.5, 0.6) is 0 Å². The maximum Gasteiger partial charge on any atom is 0.224 e. The van der Waals surface area contributed by atoms with Gasteiger partial charge in [-0.1, -0.05) is 12.1 Å². The van der Waals surface area contributed by atoms with Crippen molar-refractivity contribution in [1.82, 2.24) is 9.97 Å². The molecular weight excluding hydrogens is 262 g/mol. The molecule has 0 bridgehead atoms. The Labute approximate surface area is 117 Å². The van der Waals surface area contributed by atoms with Crippen molar-refractivity contribution in [2.24, 2.45) is 5.92 Å². The van der Waals surface area contributed by atoms with Gasteiger partial charge in [0.1, 0.15) is 5.82 Å². The first kappa shape index (κ1) is 12.6. The van der Waals surface area contributed by atoms with Crippen LogP contribution in [0.25, 0.3) is 10.9 Å². The molecular formula is C14H16ClN3O. The zero-order chi connectivity index (χ0) is 13.2. The molecule has 1 N–H and O–H groups in total. The summed E-state index contributed by atoms with van der Waals surface area (Å²) in [6.07, 6.45) is 1.95. The summed E-state index contributed by atoms with van der Waals surface area (Å²) in [4.78, 5) is 10.9. The summed E-state index contributed by atoms with van der Waals surface area (Å²) in [7, 11) is 0. The first-order chi connectivity index (χ1) is 9.28. The smallest absolute Gasteiger partial charge is 0.224 e. The second kappa shape index (κ2) is 5.31. The van der Waals surface area contributed by atoms with E-state index in [1.807, 2.05) is 24.3 Å². The fraction of sp³-hybridized carbons (Fsp3) is 0.429. The first-order valence-corrected chi connectivity index (χ1v) is 6.94. The molecule has 1 unspecified atom stereocenters. The van der Waals surface area contributed by atoms with Gasteiger partial charge in [0.05, 0.1) is 5.52 Å². The molecule has 0 radical (unpaired) electrons. The lowest BCUT2D eigenvalue weighted by atomic mass is 10.1. The van der Waals surface area contributed by atoms with E-state index in [1.54, 1.807) is 0 Å². The number of aromatic nitrogens is 2. The molecule has 0 saturated carbocycles. The fourth-order valence-electron chi connectivity index (χ4n) is 2.72. The topological polar surface area (TPSA) is 49.2 Å². The Morgan fingerprint density at radius 2 is 2.16 bits per heavy atom. The van der Waals surface area contributed by atoms with Crippen LogP contribution in [0.4, 0.5) is 5.82 Å². The second-order valence-electron chi connectivity index (χ2n) is 4.95. The number of nitrogens with zero attached hydrogens (tertiary/aromatic N) is 3. The van der Waals surface area contributed by atoms with E-state index in [-0.39, 0.29) is 6.61 Å². The van der Waals surface area contributed by atoms with Crippen LogP contribution in [-0.4, -0.2) is 34.8 Å². The van der Waals surface area contributed by atoms with Crippen molar-refractivity contribution in [3.05, 3.63) is 29.5 Å². The average molecular weight is 278 g/mol. The lowest BCUT2D eigenvalue weighted by Crippen LogP contribution is -2.21. The third-order valence-electron chi connectivity index (χ3n) is 3.68. The summed E-state index contributed by atoms with van der Waals surface area (Å²) in [5.41, 5.74) is 0.878. The minimum atomic E-state index is 0.254. The minimum absolute atomic E-state index is 0.254. The highest BCUT2D eigenvalue weighted by atomic mass is 35.5. The van der Waals surface area contributed by atoms with E-state index in [0.29, 0.717) is 11.2 Å². The van der Waals surface area contributed by atoms with E-state index < -0.39 is 0 Å². The SMILES string of the molecule is OCCC1CCN(c2nc(Cl)nc3ccccc23)C1. The summed E-state index contributed by atoms with van der Waals surface area (Å²) >= 11 is 6.01. The number of benzene rings is 1. The Kier molecular flexibility index (Phi) is 3.53. The number of aliphatic hydroxyl groups is 1. The van der Waals surface area contributed by atoms with Crippen LogP contribution in [0, 0.1) is 5.92 Å². The van der Waals surface area contributed by atoms with Crippen LogP contribution in [0.15, 0.2) is 24.3 Å². The molecule has 2 heterocycles. The molecule has 1 atom stereocenters. The summed E-state index contributed by atoms with van der Waals surface area (Å²) in [5.74, 6) is 1.45. The van der Waals surface area contributed by atoms with Crippen molar-refractivity contribution >= 4 is 28.3 Å². The summed E-state index contributed by atoms with van der Waals surface area (Å²) in [6.45, 7) is 2.14. The van der Waals surface area contributed by atoms with Gasteiger partial charge in [-0.3, -0.25) is 0 Å². The lowest BCUT2D eigenvalue weighted by Gasteiger charge is -2.19. The highest BCUT2D eigenvalue weighted by Crippen LogP contribution is 2.30. The normalized spacial score (nSPS) is 19.3. The predicted octanol–water partition coefficient (Wildman–Crippen LogP) is 2.49. The average Bonchev–Trinajstić information content (AvgIpc) is 2.86. The molecule has 1 fully saturated rings. The standard InChI is InChI=1S/C14H16ClN3O/c15-14-16-12-4-2-1-3-11(12)13(17-14)18-7-5-10(9-18)6-8-19/h1-4,10,19H,5-9H2. The van der Waals surface area contributed by atoms with Gasteiger partial charge in [-0.05, 0) is 42.5 Å². The van der Waals surface area contributed by atoms with Crippen LogP contribution in [0.3, 0.4) is 0 Å². The molecule has 1 aromatic carbocycles. The van der Waals surface area contributed by atoms with Crippen molar-refractivity contribution in [2.75, 3.05) is 24.6 Å². The van der Waals surface area contributed by atoms with E-state index in [4.69, 9.17) is 16.7 Å². The first-order valence-electron chi connectivity index (χ1n) is 6.56. The highest BCUT2D eigenvalue weighted by molar-refractivity contribution is 6.28. The van der Waals surface area contributed by atoms with Gasteiger partial charge in [-0.15, -0.1) is 0 Å². The number of para-hydroxylation sites is 1. The maximum atomic E-state index is 9.03. The van der Waals surface area contributed by atoms with Crippen LogP contribution in [-0.2, 0) is 0 Å². The van der Waals surface area contributed by atoms with Crippen molar-refractivity contribution in [1.29, 1.82) is 0 Å². The zero-order valence-electron chi connectivity index (χ0n) is 10.6. The van der Waals surface area contributed by atoms with E-state index >= 15 is 0 Å². The zero-order valence-corrected chi connectivity index (χ0v) is 11.3. The van der Waals surface area contributed by atoms with Crippen molar-refractivity contribution < 1.29 is 5.11 Å². The quantitative estimate of drug-likeness (QED) is 0.876. The number of hydrogen-bond acceptors (Lipinski definition) is 4. The summed E-state index contributed by atoms with van der Waals surface area (Å²) in [6, 6.07) is 7.92. The predicted molar refractivity (Wildman–Crippen MR) is 76.6 cm³/mol. The molecule has 19 heavy (non-hydrogen) atoms. The third kappa shape index (κ3) is 2.51. The van der Waals surface area contributed by atoms with Gasteiger partial charge in [0, 0.05) is 25.1 Å². The van der Waals surface area contributed by atoms with Gasteiger partial charge in [0.2, 0.25) is 5.28 Å².